The molecule has 3 heterocycles. The molecule has 1 saturated carbocycles. The first-order chi connectivity index (χ1) is 21.7. The summed E-state index contributed by atoms with van der Waals surface area (Å²) in [5.41, 5.74) is 1.13. The van der Waals surface area contributed by atoms with E-state index in [1.54, 1.807) is 14.0 Å². The molecule has 3 saturated heterocycles. The van der Waals surface area contributed by atoms with Gasteiger partial charge >= 0.3 is 6.09 Å². The largest absolute Gasteiger partial charge is 0.495 e. The van der Waals surface area contributed by atoms with E-state index < -0.39 is 17.2 Å². The number of carbonyl (C=O) groups is 2. The zero-order valence-electron chi connectivity index (χ0n) is 26.5. The monoisotopic (exact) mass is 624 g/mol. The Kier molecular flexibility index (Phi) is 9.49. The van der Waals surface area contributed by atoms with Gasteiger partial charge in [0.1, 0.15) is 23.0 Å². The van der Waals surface area contributed by atoms with Gasteiger partial charge in [-0.2, -0.15) is 0 Å². The number of hydrogen-bond donors (Lipinski definition) is 1. The number of likely N-dealkylation sites (tertiary alicyclic amines) is 2. The Balaban J connectivity index is 0.923. The summed E-state index contributed by atoms with van der Waals surface area (Å²) in [7, 11) is 1.68. The molecule has 2 aromatic carbocycles. The summed E-state index contributed by atoms with van der Waals surface area (Å²) < 4.78 is 40.2. The molecule has 1 N–H and O–H groups in total. The van der Waals surface area contributed by atoms with Gasteiger partial charge in [0.25, 0.3) is 0 Å². The van der Waals surface area contributed by atoms with Crippen LogP contribution in [0.5, 0.6) is 5.75 Å². The lowest BCUT2D eigenvalue weighted by Crippen LogP contribution is -2.47. The van der Waals surface area contributed by atoms with Gasteiger partial charge in [0, 0.05) is 69.6 Å². The average molecular weight is 625 g/mol. The van der Waals surface area contributed by atoms with Gasteiger partial charge in [-0.15, -0.1) is 0 Å². The molecule has 4 fully saturated rings. The normalized spacial score (nSPS) is 24.1. The van der Waals surface area contributed by atoms with Gasteiger partial charge in [-0.25, -0.2) is 13.6 Å². The van der Waals surface area contributed by atoms with E-state index in [1.165, 1.54) is 12.1 Å². The third-order valence-electron chi connectivity index (χ3n) is 10.4. The summed E-state index contributed by atoms with van der Waals surface area (Å²) in [5.74, 6) is 0.514. The lowest BCUT2D eigenvalue weighted by atomic mass is 9.80. The molecular formula is C35H46F2N4O4. The molecule has 4 aliphatic rings. The zero-order chi connectivity index (χ0) is 31.6. The highest BCUT2D eigenvalue weighted by molar-refractivity contribution is 5.79. The summed E-state index contributed by atoms with van der Waals surface area (Å²) in [5, 5.41) is 3.59. The van der Waals surface area contributed by atoms with Crippen LogP contribution in [0.3, 0.4) is 0 Å². The Morgan fingerprint density at radius 2 is 1.67 bits per heavy atom. The van der Waals surface area contributed by atoms with Crippen LogP contribution in [0.15, 0.2) is 36.4 Å². The van der Waals surface area contributed by atoms with Crippen LogP contribution in [-0.4, -0.2) is 84.7 Å². The molecule has 0 aromatic heterocycles. The molecule has 1 spiro atoms. The minimum Gasteiger partial charge on any atom is -0.495 e. The summed E-state index contributed by atoms with van der Waals surface area (Å²) >= 11 is 0. The van der Waals surface area contributed by atoms with Crippen LogP contribution in [0.25, 0.3) is 0 Å². The van der Waals surface area contributed by atoms with Gasteiger partial charge in [0.2, 0.25) is 5.91 Å². The second kappa shape index (κ2) is 13.5. The second-order valence-electron chi connectivity index (χ2n) is 13.6. The molecule has 2 amide bonds. The summed E-state index contributed by atoms with van der Waals surface area (Å²) in [6.07, 6.45) is 6.44. The quantitative estimate of drug-likeness (QED) is 0.390. The first-order valence-corrected chi connectivity index (χ1v) is 16.5. The lowest BCUT2D eigenvalue weighted by molar-refractivity contribution is -0.137. The van der Waals surface area contributed by atoms with E-state index in [2.05, 4.69) is 5.32 Å². The third kappa shape index (κ3) is 7.21. The highest BCUT2D eigenvalue weighted by Gasteiger charge is 2.47. The Morgan fingerprint density at radius 3 is 2.33 bits per heavy atom. The fourth-order valence-electron chi connectivity index (χ4n) is 7.71. The predicted molar refractivity (Wildman–Crippen MR) is 168 cm³/mol. The van der Waals surface area contributed by atoms with E-state index in [4.69, 9.17) is 9.47 Å². The maximum absolute atomic E-state index is 14.4. The second-order valence-corrected chi connectivity index (χ2v) is 13.6. The van der Waals surface area contributed by atoms with Crippen molar-refractivity contribution in [1.82, 2.24) is 14.7 Å². The number of para-hydroxylation sites is 2. The van der Waals surface area contributed by atoms with Crippen LogP contribution in [0.2, 0.25) is 0 Å². The number of methoxy groups -OCH3 is 1. The van der Waals surface area contributed by atoms with Crippen LogP contribution in [0, 0.1) is 30.4 Å². The maximum Gasteiger partial charge on any atom is 0.410 e. The number of piperidine rings is 2. The van der Waals surface area contributed by atoms with Crippen LogP contribution < -0.4 is 10.1 Å². The highest BCUT2D eigenvalue weighted by atomic mass is 19.1. The number of ether oxygens (including phenoxy) is 2. The van der Waals surface area contributed by atoms with Gasteiger partial charge in [-0.3, -0.25) is 9.69 Å². The Bertz CT molecular complexity index is 1340. The number of halogens is 2. The SMILES string of the molecule is COc1ccccc1NC1CCN(C(=O)C2CCC(CN3CC4(CCN(Cc5c(F)cc(C)cc5F)CC4)OC3=O)CC2)CC1. The van der Waals surface area contributed by atoms with Gasteiger partial charge < -0.3 is 24.6 Å². The van der Waals surface area contributed by atoms with Gasteiger partial charge in [-0.1, -0.05) is 12.1 Å². The minimum absolute atomic E-state index is 0.0596. The lowest BCUT2D eigenvalue weighted by Gasteiger charge is -2.38. The number of aryl methyl sites for hydroxylation is 1. The van der Waals surface area contributed by atoms with Crippen molar-refractivity contribution in [3.8, 4) is 5.75 Å². The summed E-state index contributed by atoms with van der Waals surface area (Å²) in [6, 6.07) is 11.0. The van der Waals surface area contributed by atoms with Crippen molar-refractivity contribution in [1.29, 1.82) is 0 Å². The average Bonchev–Trinajstić information content (AvgIpc) is 3.34. The van der Waals surface area contributed by atoms with Crippen molar-refractivity contribution < 1.29 is 27.8 Å². The topological polar surface area (TPSA) is 74.3 Å². The fourth-order valence-corrected chi connectivity index (χ4v) is 7.71. The van der Waals surface area contributed by atoms with Gasteiger partial charge in [0.05, 0.1) is 19.3 Å². The zero-order valence-corrected chi connectivity index (χ0v) is 26.5. The predicted octanol–water partition coefficient (Wildman–Crippen LogP) is 5.98. The maximum atomic E-state index is 14.4. The van der Waals surface area contributed by atoms with E-state index in [1.807, 2.05) is 39.0 Å². The molecule has 244 valence electrons. The van der Waals surface area contributed by atoms with Crippen LogP contribution in [0.4, 0.5) is 19.3 Å². The number of amides is 2. The van der Waals surface area contributed by atoms with Crippen molar-refractivity contribution in [2.45, 2.75) is 76.5 Å². The van der Waals surface area contributed by atoms with Crippen LogP contribution in [0.1, 0.15) is 62.5 Å². The smallest absolute Gasteiger partial charge is 0.410 e. The molecule has 45 heavy (non-hydrogen) atoms. The van der Waals surface area contributed by atoms with E-state index in [9.17, 15) is 18.4 Å². The fraction of sp³-hybridized carbons (Fsp3) is 0.600. The number of benzene rings is 2. The molecule has 0 atom stereocenters. The molecule has 8 nitrogen and oxygen atoms in total. The first-order valence-electron chi connectivity index (χ1n) is 16.5. The number of nitrogens with zero attached hydrogens (tertiary/aromatic N) is 3. The molecule has 0 bridgehead atoms. The third-order valence-corrected chi connectivity index (χ3v) is 10.4. The molecule has 6 rings (SSSR count). The van der Waals surface area contributed by atoms with Crippen LogP contribution >= 0.6 is 0 Å². The van der Waals surface area contributed by atoms with Crippen LogP contribution in [-0.2, 0) is 16.1 Å². The van der Waals surface area contributed by atoms with Crippen molar-refractivity contribution >= 4 is 17.7 Å². The molecule has 3 aliphatic heterocycles. The van der Waals surface area contributed by atoms with Gasteiger partial charge in [0.15, 0.2) is 0 Å². The van der Waals surface area contributed by atoms with Gasteiger partial charge in [-0.05, 0) is 81.2 Å². The number of hydrogen-bond acceptors (Lipinski definition) is 6. The molecule has 1 aliphatic carbocycles. The van der Waals surface area contributed by atoms with E-state index in [0.717, 1.165) is 63.1 Å². The summed E-state index contributed by atoms with van der Waals surface area (Å²) in [6.45, 7) is 5.88. The van der Waals surface area contributed by atoms with E-state index >= 15 is 0 Å². The minimum atomic E-state index is -0.530. The molecular weight excluding hydrogens is 578 g/mol. The molecule has 0 radical (unpaired) electrons. The van der Waals surface area contributed by atoms with Crippen molar-refractivity contribution in [3.63, 3.8) is 0 Å². The van der Waals surface area contributed by atoms with Crippen molar-refractivity contribution in [2.75, 3.05) is 51.7 Å². The number of nitrogens with one attached hydrogen (secondary N) is 1. The standard InChI is InChI=1S/C35H46F2N4O4/c1-24-19-29(36)28(30(37)20-24)22-39-17-13-35(14-18-39)23-41(34(43)45-35)21-25-7-9-26(10-8-25)33(42)40-15-11-27(12-16-40)38-31-5-3-4-6-32(31)44-2/h3-6,19-20,25-27,38H,7-18,21-23H2,1-2H3. The number of anilines is 1. The summed E-state index contributed by atoms with van der Waals surface area (Å²) in [4.78, 5) is 32.2. The Hall–Kier alpha value is -3.40. The van der Waals surface area contributed by atoms with E-state index in [0.29, 0.717) is 56.5 Å². The number of carbonyl (C=O) groups excluding carboxylic acids is 2. The first kappa shape index (κ1) is 31.6. The Labute approximate surface area is 265 Å². The highest BCUT2D eigenvalue weighted by Crippen LogP contribution is 2.37. The Morgan fingerprint density at radius 1 is 1.00 bits per heavy atom. The molecule has 10 heteroatoms. The number of rotatable bonds is 8. The van der Waals surface area contributed by atoms with E-state index in [-0.39, 0.29) is 30.0 Å². The molecule has 0 unspecified atom stereocenters. The molecule has 2 aromatic rings. The van der Waals surface area contributed by atoms with Crippen molar-refractivity contribution in [3.05, 3.63) is 59.2 Å². The van der Waals surface area contributed by atoms with Crippen molar-refractivity contribution in [2.24, 2.45) is 11.8 Å².